The Bertz CT molecular complexity index is 1460. The number of hydrogen-bond donors (Lipinski definition) is 1. The first-order chi connectivity index (χ1) is 15.1. The highest BCUT2D eigenvalue weighted by Crippen LogP contribution is 2.35. The highest BCUT2D eigenvalue weighted by Gasteiger charge is 2.37. The lowest BCUT2D eigenvalue weighted by atomic mass is 9.98. The minimum absolute atomic E-state index is 0.0966. The van der Waals surface area contributed by atoms with Gasteiger partial charge >= 0.3 is 0 Å². The molecule has 1 aliphatic rings. The fourth-order valence-corrected chi connectivity index (χ4v) is 4.55. The molecule has 0 aliphatic carbocycles. The molecular formula is C22H18ClN7O. The third-order valence-electron chi connectivity index (χ3n) is 5.83. The Morgan fingerprint density at radius 2 is 2.13 bits per heavy atom. The fourth-order valence-electron chi connectivity index (χ4n) is 4.33. The molecule has 0 aromatic carbocycles. The molecule has 0 saturated heterocycles. The van der Waals surface area contributed by atoms with E-state index >= 15 is 0 Å². The second kappa shape index (κ2) is 6.68. The van der Waals surface area contributed by atoms with Crippen molar-refractivity contribution in [1.82, 2.24) is 34.1 Å². The van der Waals surface area contributed by atoms with Crippen molar-refractivity contribution < 1.29 is 4.79 Å². The maximum absolute atomic E-state index is 13.7. The van der Waals surface area contributed by atoms with Gasteiger partial charge in [0, 0.05) is 31.1 Å². The van der Waals surface area contributed by atoms with Crippen LogP contribution in [0.2, 0.25) is 5.02 Å². The molecule has 1 N–H and O–H groups in total. The monoisotopic (exact) mass is 431 g/mol. The van der Waals surface area contributed by atoms with E-state index in [1.807, 2.05) is 54.5 Å². The number of carbonyl (C=O) groups excluding carboxylic acids is 1. The zero-order valence-electron chi connectivity index (χ0n) is 16.7. The van der Waals surface area contributed by atoms with E-state index in [9.17, 15) is 4.79 Å². The van der Waals surface area contributed by atoms with Crippen LogP contribution in [0.5, 0.6) is 0 Å². The van der Waals surface area contributed by atoms with Crippen LogP contribution in [0, 0.1) is 6.92 Å². The average molecular weight is 432 g/mol. The molecule has 154 valence electrons. The summed E-state index contributed by atoms with van der Waals surface area (Å²) in [6.07, 6.45) is 7.76. The Kier molecular flexibility index (Phi) is 3.91. The van der Waals surface area contributed by atoms with E-state index in [1.165, 1.54) is 0 Å². The van der Waals surface area contributed by atoms with E-state index in [-0.39, 0.29) is 5.91 Å². The Hall–Kier alpha value is -3.65. The maximum atomic E-state index is 13.7. The second-order valence-electron chi connectivity index (χ2n) is 7.77. The van der Waals surface area contributed by atoms with Crippen LogP contribution in [0.15, 0.2) is 55.2 Å². The van der Waals surface area contributed by atoms with Crippen LogP contribution < -0.4 is 0 Å². The lowest BCUT2D eigenvalue weighted by Crippen LogP contribution is -2.41. The van der Waals surface area contributed by atoms with Gasteiger partial charge in [0.1, 0.15) is 6.04 Å². The van der Waals surface area contributed by atoms with Crippen LogP contribution in [-0.2, 0) is 6.42 Å². The number of carbonyl (C=O) groups is 1. The van der Waals surface area contributed by atoms with Crippen molar-refractivity contribution >= 4 is 28.5 Å². The van der Waals surface area contributed by atoms with Crippen molar-refractivity contribution in [1.29, 1.82) is 0 Å². The number of aromatic nitrogens is 6. The van der Waals surface area contributed by atoms with Gasteiger partial charge in [-0.2, -0.15) is 10.2 Å². The number of aryl methyl sites for hydroxylation is 1. The maximum Gasteiger partial charge on any atom is 0.258 e. The first-order valence-electron chi connectivity index (χ1n) is 10.0. The van der Waals surface area contributed by atoms with E-state index in [4.69, 9.17) is 16.7 Å². The van der Waals surface area contributed by atoms with Gasteiger partial charge in [-0.15, -0.1) is 0 Å². The van der Waals surface area contributed by atoms with Crippen LogP contribution in [-0.4, -0.2) is 46.5 Å². The molecule has 0 unspecified atom stereocenters. The molecule has 0 radical (unpaired) electrons. The number of halogens is 1. The standard InChI is InChI=1S/C22H18ClN7O/c1-13-4-5-18-14(10-26-30(18)11-13)22(31)28-8-6-16-20(25-12-24-16)21(28)17-9-19-15(23)3-2-7-29(19)27-17/h2-5,7,9-12,21H,6,8H2,1H3,(H,24,25)/t21-/m1/s1. The molecule has 8 nitrogen and oxygen atoms in total. The van der Waals surface area contributed by atoms with Crippen molar-refractivity contribution in [2.45, 2.75) is 19.4 Å². The molecular weight excluding hydrogens is 414 g/mol. The van der Waals surface area contributed by atoms with Gasteiger partial charge in [-0.1, -0.05) is 17.7 Å². The number of aromatic amines is 1. The smallest absolute Gasteiger partial charge is 0.258 e. The van der Waals surface area contributed by atoms with Gasteiger partial charge in [-0.3, -0.25) is 4.79 Å². The van der Waals surface area contributed by atoms with Crippen LogP contribution in [0.3, 0.4) is 0 Å². The summed E-state index contributed by atoms with van der Waals surface area (Å²) in [4.78, 5) is 23.3. The second-order valence-corrected chi connectivity index (χ2v) is 8.17. The van der Waals surface area contributed by atoms with Gasteiger partial charge in [0.05, 0.1) is 45.5 Å². The lowest BCUT2D eigenvalue weighted by molar-refractivity contribution is 0.0689. The first kappa shape index (κ1) is 18.1. The lowest BCUT2D eigenvalue weighted by Gasteiger charge is -2.33. The molecule has 5 aromatic heterocycles. The molecule has 6 heterocycles. The molecule has 0 fully saturated rings. The van der Waals surface area contributed by atoms with Gasteiger partial charge in [0.25, 0.3) is 5.91 Å². The Labute approximate surface area is 182 Å². The Morgan fingerprint density at radius 3 is 3.00 bits per heavy atom. The van der Waals surface area contributed by atoms with Crippen LogP contribution in [0.1, 0.15) is 39.0 Å². The molecule has 5 aromatic rings. The van der Waals surface area contributed by atoms with Crippen molar-refractivity contribution in [3.8, 4) is 0 Å². The van der Waals surface area contributed by atoms with Crippen LogP contribution in [0.4, 0.5) is 0 Å². The zero-order chi connectivity index (χ0) is 21.1. The summed E-state index contributed by atoms with van der Waals surface area (Å²) in [5.74, 6) is -0.0966. The number of amides is 1. The number of imidazole rings is 1. The number of rotatable bonds is 2. The van der Waals surface area contributed by atoms with Gasteiger partial charge in [-0.05, 0) is 36.8 Å². The van der Waals surface area contributed by atoms with Crippen molar-refractivity contribution in [2.75, 3.05) is 6.54 Å². The molecule has 0 bridgehead atoms. The Morgan fingerprint density at radius 1 is 1.23 bits per heavy atom. The topological polar surface area (TPSA) is 83.6 Å². The van der Waals surface area contributed by atoms with E-state index in [0.29, 0.717) is 23.6 Å². The summed E-state index contributed by atoms with van der Waals surface area (Å²) in [7, 11) is 0. The summed E-state index contributed by atoms with van der Waals surface area (Å²) in [6, 6.07) is 9.09. The fraction of sp³-hybridized carbons (Fsp3) is 0.182. The van der Waals surface area contributed by atoms with Gasteiger partial charge in [-0.25, -0.2) is 14.0 Å². The molecule has 0 spiro atoms. The summed E-state index contributed by atoms with van der Waals surface area (Å²) >= 11 is 6.37. The third-order valence-corrected chi connectivity index (χ3v) is 6.15. The highest BCUT2D eigenvalue weighted by atomic mass is 35.5. The summed E-state index contributed by atoms with van der Waals surface area (Å²) < 4.78 is 3.48. The molecule has 6 rings (SSSR count). The number of H-pyrrole nitrogens is 1. The number of hydrogen-bond acceptors (Lipinski definition) is 4. The number of nitrogens with one attached hydrogen (secondary N) is 1. The number of nitrogens with zero attached hydrogens (tertiary/aromatic N) is 6. The molecule has 31 heavy (non-hydrogen) atoms. The van der Waals surface area contributed by atoms with Gasteiger partial charge in [0.2, 0.25) is 0 Å². The first-order valence-corrected chi connectivity index (χ1v) is 10.4. The number of pyridine rings is 2. The van der Waals surface area contributed by atoms with Crippen molar-refractivity contribution in [3.63, 3.8) is 0 Å². The number of fused-ring (bicyclic) bond motifs is 3. The quantitative estimate of drug-likeness (QED) is 0.464. The predicted octanol–water partition coefficient (Wildman–Crippen LogP) is 3.45. The zero-order valence-corrected chi connectivity index (χ0v) is 17.4. The third kappa shape index (κ3) is 2.75. The summed E-state index contributed by atoms with van der Waals surface area (Å²) in [5.41, 5.74) is 5.76. The minimum atomic E-state index is -0.418. The van der Waals surface area contributed by atoms with Crippen molar-refractivity contribution in [2.24, 2.45) is 0 Å². The molecule has 1 aliphatic heterocycles. The Balaban J connectivity index is 1.49. The SMILES string of the molecule is Cc1ccc2c(C(=O)N3CCc4[nH]cnc4[C@H]3c3cc4c(Cl)cccn4n3)cnn2c1. The van der Waals surface area contributed by atoms with E-state index in [1.54, 1.807) is 21.6 Å². The molecule has 9 heteroatoms. The molecule has 1 amide bonds. The molecule has 0 saturated carbocycles. The predicted molar refractivity (Wildman–Crippen MR) is 115 cm³/mol. The van der Waals surface area contributed by atoms with Crippen LogP contribution in [0.25, 0.3) is 11.0 Å². The summed E-state index contributed by atoms with van der Waals surface area (Å²) in [5, 5.41) is 9.72. The minimum Gasteiger partial charge on any atom is -0.348 e. The van der Waals surface area contributed by atoms with Crippen molar-refractivity contribution in [3.05, 3.63) is 88.5 Å². The van der Waals surface area contributed by atoms with E-state index in [0.717, 1.165) is 33.7 Å². The largest absolute Gasteiger partial charge is 0.348 e. The highest BCUT2D eigenvalue weighted by molar-refractivity contribution is 6.33. The van der Waals surface area contributed by atoms with E-state index < -0.39 is 6.04 Å². The molecule has 1 atom stereocenters. The van der Waals surface area contributed by atoms with Gasteiger partial charge in [0.15, 0.2) is 0 Å². The van der Waals surface area contributed by atoms with Gasteiger partial charge < -0.3 is 9.88 Å². The normalized spacial score (nSPS) is 16.2. The van der Waals surface area contributed by atoms with Crippen LogP contribution >= 0.6 is 11.6 Å². The van der Waals surface area contributed by atoms with E-state index in [2.05, 4.69) is 15.1 Å². The average Bonchev–Trinajstić information content (AvgIpc) is 3.50. The summed E-state index contributed by atoms with van der Waals surface area (Å²) in [6.45, 7) is 2.54.